The van der Waals surface area contributed by atoms with Crippen LogP contribution in [0.5, 0.6) is 0 Å². The Labute approximate surface area is 107 Å². The number of para-hydroxylation sites is 1. The highest BCUT2D eigenvalue weighted by molar-refractivity contribution is 5.66. The maximum absolute atomic E-state index is 11.3. The van der Waals surface area contributed by atoms with Crippen LogP contribution in [0.25, 0.3) is 0 Å². The highest BCUT2D eigenvalue weighted by Crippen LogP contribution is 2.36. The Morgan fingerprint density at radius 1 is 1.28 bits per heavy atom. The van der Waals surface area contributed by atoms with Crippen molar-refractivity contribution < 1.29 is 4.79 Å². The summed E-state index contributed by atoms with van der Waals surface area (Å²) in [5.74, 6) is 0. The third kappa shape index (κ3) is 1.72. The molecule has 2 saturated heterocycles. The van der Waals surface area contributed by atoms with E-state index in [9.17, 15) is 4.79 Å². The summed E-state index contributed by atoms with van der Waals surface area (Å²) in [6.45, 7) is 2.46. The van der Waals surface area contributed by atoms with Crippen molar-refractivity contribution >= 4 is 12.0 Å². The lowest BCUT2D eigenvalue weighted by molar-refractivity contribution is -0.110. The Bertz CT molecular complexity index is 414. The van der Waals surface area contributed by atoms with Gasteiger partial charge in [-0.1, -0.05) is 18.2 Å². The van der Waals surface area contributed by atoms with E-state index < -0.39 is 0 Å². The Balaban J connectivity index is 1.96. The van der Waals surface area contributed by atoms with Gasteiger partial charge in [-0.05, 0) is 25.0 Å². The van der Waals surface area contributed by atoms with E-state index in [2.05, 4.69) is 27.7 Å². The largest absolute Gasteiger partial charge is 0.351 e. The van der Waals surface area contributed by atoms with Crippen LogP contribution in [0.3, 0.4) is 0 Å². The number of hydrogen-bond donors (Lipinski definition) is 1. The van der Waals surface area contributed by atoms with Crippen molar-refractivity contribution in [2.24, 2.45) is 0 Å². The Morgan fingerprint density at radius 3 is 2.67 bits per heavy atom. The average molecular weight is 244 g/mol. The predicted octanol–water partition coefficient (Wildman–Crippen LogP) is 0.758. The molecule has 1 radical (unpaired) electrons. The van der Waals surface area contributed by atoms with Gasteiger partial charge in [0, 0.05) is 18.8 Å². The summed E-state index contributed by atoms with van der Waals surface area (Å²) in [6, 6.07) is 10.3. The first-order valence-electron chi connectivity index (χ1n) is 6.51. The molecule has 0 aliphatic carbocycles. The predicted molar refractivity (Wildman–Crippen MR) is 70.6 cm³/mol. The lowest BCUT2D eigenvalue weighted by atomic mass is 9.81. The molecule has 3 rings (SSSR count). The molecule has 1 N–H and O–H groups in total. The van der Waals surface area contributed by atoms with E-state index in [1.807, 2.05) is 18.2 Å². The Morgan fingerprint density at radius 2 is 2.00 bits per heavy atom. The number of carbonyl (C=O) groups is 1. The fraction of sp³-hybridized carbons (Fsp3) is 0.500. The van der Waals surface area contributed by atoms with Crippen LogP contribution in [0.4, 0.5) is 5.69 Å². The second-order valence-corrected chi connectivity index (χ2v) is 5.01. The van der Waals surface area contributed by atoms with Crippen molar-refractivity contribution in [2.75, 3.05) is 24.7 Å². The van der Waals surface area contributed by atoms with Gasteiger partial charge in [-0.2, -0.15) is 0 Å². The minimum absolute atomic E-state index is 0.0757. The van der Waals surface area contributed by atoms with Crippen LogP contribution >= 0.6 is 0 Å². The average Bonchev–Trinajstić information content (AvgIpc) is 2.78. The zero-order valence-electron chi connectivity index (χ0n) is 10.4. The zero-order valence-corrected chi connectivity index (χ0v) is 10.4. The third-order valence-electron chi connectivity index (χ3n) is 4.20. The summed E-state index contributed by atoms with van der Waals surface area (Å²) >= 11 is 0. The van der Waals surface area contributed by atoms with Crippen LogP contribution in [-0.2, 0) is 4.79 Å². The van der Waals surface area contributed by atoms with Gasteiger partial charge in [0.05, 0.1) is 18.2 Å². The molecule has 1 aromatic rings. The van der Waals surface area contributed by atoms with Crippen LogP contribution in [0, 0.1) is 0 Å². The lowest BCUT2D eigenvalue weighted by Crippen LogP contribution is -2.56. The topological polar surface area (TPSA) is 46.4 Å². The van der Waals surface area contributed by atoms with Crippen molar-refractivity contribution in [2.45, 2.75) is 24.4 Å². The Kier molecular flexibility index (Phi) is 3.06. The molecule has 4 nitrogen and oxygen atoms in total. The van der Waals surface area contributed by atoms with Gasteiger partial charge < -0.3 is 9.69 Å². The molecule has 2 aliphatic heterocycles. The van der Waals surface area contributed by atoms with Gasteiger partial charge in [-0.15, -0.1) is 0 Å². The molecule has 2 aliphatic rings. The molecule has 0 bridgehead atoms. The van der Waals surface area contributed by atoms with Gasteiger partial charge in [-0.25, -0.2) is 5.32 Å². The first kappa shape index (κ1) is 11.7. The summed E-state index contributed by atoms with van der Waals surface area (Å²) in [5, 5.41) is 7.75. The van der Waals surface area contributed by atoms with Crippen molar-refractivity contribution in [1.82, 2.24) is 10.6 Å². The molecule has 2 heterocycles. The summed E-state index contributed by atoms with van der Waals surface area (Å²) in [5.41, 5.74) is 1.11. The number of carbonyl (C=O) groups excluding carboxylic acids is 1. The van der Waals surface area contributed by atoms with Gasteiger partial charge in [0.25, 0.3) is 0 Å². The summed E-state index contributed by atoms with van der Waals surface area (Å²) in [4.78, 5) is 13.7. The summed E-state index contributed by atoms with van der Waals surface area (Å²) in [6.07, 6.45) is 2.98. The quantitative estimate of drug-likeness (QED) is 0.781. The molecule has 4 heteroatoms. The first-order valence-corrected chi connectivity index (χ1v) is 6.51. The van der Waals surface area contributed by atoms with Gasteiger partial charge in [0.1, 0.15) is 6.29 Å². The number of nitrogens with one attached hydrogen (secondary N) is 1. The second kappa shape index (κ2) is 4.71. The molecule has 1 aromatic carbocycles. The molecule has 2 fully saturated rings. The van der Waals surface area contributed by atoms with E-state index in [1.165, 1.54) is 5.69 Å². The van der Waals surface area contributed by atoms with Crippen LogP contribution in [0.15, 0.2) is 30.3 Å². The number of hydrogen-bond acceptors (Lipinski definition) is 3. The van der Waals surface area contributed by atoms with E-state index >= 15 is 0 Å². The molecule has 0 aromatic heterocycles. The van der Waals surface area contributed by atoms with Crippen molar-refractivity contribution in [3.8, 4) is 0 Å². The van der Waals surface area contributed by atoms with Gasteiger partial charge in [0.2, 0.25) is 0 Å². The number of rotatable bonds is 2. The van der Waals surface area contributed by atoms with Crippen molar-refractivity contribution in [1.29, 1.82) is 0 Å². The standard InChI is InChI=1S/C14H18N3O/c18-10-13-14(6-8-15-9-7-14)17(11-16-13)12-4-2-1-3-5-12/h1-5,10,13,16H,6-9,11H2. The SMILES string of the molecule is O=CC1NCN(c2ccccc2)C12CC[N]CC2. The lowest BCUT2D eigenvalue weighted by Gasteiger charge is -2.43. The number of aldehydes is 1. The van der Waals surface area contributed by atoms with Crippen molar-refractivity contribution in [3.05, 3.63) is 30.3 Å². The highest BCUT2D eigenvalue weighted by atomic mass is 16.1. The molecule has 18 heavy (non-hydrogen) atoms. The number of piperidine rings is 1. The molecule has 1 unspecified atom stereocenters. The maximum Gasteiger partial charge on any atom is 0.139 e. The molecule has 0 saturated carbocycles. The monoisotopic (exact) mass is 244 g/mol. The van der Waals surface area contributed by atoms with E-state index in [0.717, 1.165) is 38.9 Å². The van der Waals surface area contributed by atoms with E-state index in [0.29, 0.717) is 0 Å². The normalized spacial score (nSPS) is 26.4. The minimum Gasteiger partial charge on any atom is -0.351 e. The first-order chi connectivity index (χ1) is 8.87. The number of nitrogens with zero attached hydrogens (tertiary/aromatic N) is 2. The summed E-state index contributed by atoms with van der Waals surface area (Å²) in [7, 11) is 0. The third-order valence-corrected chi connectivity index (χ3v) is 4.20. The maximum atomic E-state index is 11.3. The van der Waals surface area contributed by atoms with Crippen LogP contribution in [0.1, 0.15) is 12.8 Å². The fourth-order valence-corrected chi connectivity index (χ4v) is 3.20. The fourth-order valence-electron chi connectivity index (χ4n) is 3.20. The van der Waals surface area contributed by atoms with Gasteiger partial charge in [-0.3, -0.25) is 5.32 Å². The molecule has 1 atom stereocenters. The molecule has 0 amide bonds. The van der Waals surface area contributed by atoms with Gasteiger partial charge >= 0.3 is 0 Å². The van der Waals surface area contributed by atoms with E-state index in [1.54, 1.807) is 0 Å². The highest BCUT2D eigenvalue weighted by Gasteiger charge is 2.49. The minimum atomic E-state index is -0.0785. The van der Waals surface area contributed by atoms with Crippen LogP contribution in [0.2, 0.25) is 0 Å². The van der Waals surface area contributed by atoms with Gasteiger partial charge in [0.15, 0.2) is 0 Å². The zero-order chi connectivity index (χ0) is 12.4. The van der Waals surface area contributed by atoms with Crippen molar-refractivity contribution in [3.63, 3.8) is 0 Å². The second-order valence-electron chi connectivity index (χ2n) is 5.01. The molecule has 95 valence electrons. The number of benzene rings is 1. The van der Waals surface area contributed by atoms with Crippen LogP contribution in [-0.4, -0.2) is 37.6 Å². The van der Waals surface area contributed by atoms with E-state index in [-0.39, 0.29) is 11.6 Å². The summed E-state index contributed by atoms with van der Waals surface area (Å²) < 4.78 is 0. The molecular weight excluding hydrogens is 226 g/mol. The number of anilines is 1. The van der Waals surface area contributed by atoms with E-state index in [4.69, 9.17) is 0 Å². The Hall–Kier alpha value is -1.39. The smallest absolute Gasteiger partial charge is 0.139 e. The molecular formula is C14H18N3O. The molecule has 1 spiro atoms. The van der Waals surface area contributed by atoms with Crippen LogP contribution < -0.4 is 15.5 Å².